The number of rotatable bonds is 26. The summed E-state index contributed by atoms with van der Waals surface area (Å²) in [6, 6.07) is 0. The standard InChI is InChI=1S/C32H57N5O5/c1-4-7-8-9-10-11-12-13-14-15-16-17-18-19-20-21-27(38)42-24-26(22-28(40-5-2)41-6-3)23-37-25-34-29-30(37)35-32(33)36-31(29)39/h25-26,28H,4-24H2,1-3H3,(H3,33,35,36,39)/t26-/m0/s1. The molecule has 10 heteroatoms. The van der Waals surface area contributed by atoms with Crippen LogP contribution in [0.5, 0.6) is 0 Å². The quantitative estimate of drug-likeness (QED) is 0.0684. The number of H-pyrrole nitrogens is 1. The number of nitrogens with one attached hydrogen (secondary N) is 1. The van der Waals surface area contributed by atoms with E-state index in [1.807, 2.05) is 13.8 Å². The van der Waals surface area contributed by atoms with Gasteiger partial charge in [-0.05, 0) is 20.3 Å². The maximum absolute atomic E-state index is 12.5. The number of ether oxygens (including phenoxy) is 3. The Balaban J connectivity index is 1.68. The van der Waals surface area contributed by atoms with Crippen LogP contribution in [-0.4, -0.2) is 51.6 Å². The highest BCUT2D eigenvalue weighted by atomic mass is 16.7. The largest absolute Gasteiger partial charge is 0.465 e. The average molecular weight is 592 g/mol. The molecule has 0 aliphatic carbocycles. The highest BCUT2D eigenvalue weighted by Gasteiger charge is 2.21. The van der Waals surface area contributed by atoms with Crippen molar-refractivity contribution in [1.82, 2.24) is 19.5 Å². The van der Waals surface area contributed by atoms with Crippen molar-refractivity contribution in [2.24, 2.45) is 5.92 Å². The summed E-state index contributed by atoms with van der Waals surface area (Å²) in [5, 5.41) is 0. The molecule has 0 unspecified atom stereocenters. The SMILES string of the molecule is CCCCCCCCCCCCCCCCCC(=O)OC[C@@H](CC(OCC)OCC)Cn1cnc2c(=O)[nH]c(N)nc21. The highest BCUT2D eigenvalue weighted by Crippen LogP contribution is 2.18. The van der Waals surface area contributed by atoms with Crippen LogP contribution in [-0.2, 0) is 25.5 Å². The van der Waals surface area contributed by atoms with Gasteiger partial charge >= 0.3 is 5.97 Å². The third-order valence-corrected chi connectivity index (χ3v) is 7.64. The van der Waals surface area contributed by atoms with Crippen molar-refractivity contribution < 1.29 is 19.0 Å². The Kier molecular flexibility index (Phi) is 18.8. The van der Waals surface area contributed by atoms with E-state index < -0.39 is 6.29 Å². The van der Waals surface area contributed by atoms with Crippen LogP contribution in [0.15, 0.2) is 11.1 Å². The van der Waals surface area contributed by atoms with Crippen LogP contribution in [0.4, 0.5) is 5.95 Å². The van der Waals surface area contributed by atoms with Crippen LogP contribution in [0, 0.1) is 5.92 Å². The van der Waals surface area contributed by atoms with Crippen molar-refractivity contribution in [2.75, 3.05) is 25.6 Å². The second kappa shape index (κ2) is 22.1. The molecule has 0 aromatic carbocycles. The van der Waals surface area contributed by atoms with Gasteiger partial charge in [0, 0.05) is 38.5 Å². The summed E-state index contributed by atoms with van der Waals surface area (Å²) in [7, 11) is 0. The molecular formula is C32H57N5O5. The molecule has 0 aliphatic rings. The number of anilines is 1. The summed E-state index contributed by atoms with van der Waals surface area (Å²) in [6.07, 6.45) is 21.4. The first-order valence-corrected chi connectivity index (χ1v) is 16.6. The van der Waals surface area contributed by atoms with Crippen molar-refractivity contribution in [2.45, 2.75) is 143 Å². The molecule has 2 heterocycles. The minimum atomic E-state index is -0.421. The van der Waals surface area contributed by atoms with Gasteiger partial charge < -0.3 is 24.5 Å². The lowest BCUT2D eigenvalue weighted by Gasteiger charge is -2.24. The van der Waals surface area contributed by atoms with Gasteiger partial charge in [-0.3, -0.25) is 14.6 Å². The van der Waals surface area contributed by atoms with Crippen LogP contribution in [0.1, 0.15) is 130 Å². The number of esters is 1. The van der Waals surface area contributed by atoms with Crippen molar-refractivity contribution in [3.63, 3.8) is 0 Å². The Labute approximate surface area is 252 Å². The van der Waals surface area contributed by atoms with E-state index in [1.165, 1.54) is 83.5 Å². The third-order valence-electron chi connectivity index (χ3n) is 7.64. The number of nitrogens with zero attached hydrogens (tertiary/aromatic N) is 3. The maximum atomic E-state index is 12.5. The number of aromatic amines is 1. The highest BCUT2D eigenvalue weighted by molar-refractivity contribution is 5.70. The molecule has 42 heavy (non-hydrogen) atoms. The summed E-state index contributed by atoms with van der Waals surface area (Å²) in [6.45, 7) is 7.77. The van der Waals surface area contributed by atoms with Crippen molar-refractivity contribution in [1.29, 1.82) is 0 Å². The fourth-order valence-electron chi connectivity index (χ4n) is 5.33. The molecule has 10 nitrogen and oxygen atoms in total. The number of hydrogen-bond acceptors (Lipinski definition) is 8. The lowest BCUT2D eigenvalue weighted by Crippen LogP contribution is -2.27. The number of unbranched alkanes of at least 4 members (excludes halogenated alkanes) is 14. The monoisotopic (exact) mass is 591 g/mol. The fourth-order valence-corrected chi connectivity index (χ4v) is 5.33. The molecule has 0 spiro atoms. The lowest BCUT2D eigenvalue weighted by molar-refractivity contribution is -0.157. The Morgan fingerprint density at radius 2 is 1.43 bits per heavy atom. The van der Waals surface area contributed by atoms with Crippen molar-refractivity contribution in [3.05, 3.63) is 16.7 Å². The molecule has 0 amide bonds. The molecule has 3 N–H and O–H groups in total. The van der Waals surface area contributed by atoms with E-state index in [9.17, 15) is 9.59 Å². The van der Waals surface area contributed by atoms with Crippen molar-refractivity contribution in [3.8, 4) is 0 Å². The van der Waals surface area contributed by atoms with Crippen LogP contribution < -0.4 is 11.3 Å². The smallest absolute Gasteiger partial charge is 0.305 e. The second-order valence-electron chi connectivity index (χ2n) is 11.3. The molecule has 0 bridgehead atoms. The number of nitrogen functional groups attached to an aromatic ring is 1. The van der Waals surface area contributed by atoms with E-state index in [0.29, 0.717) is 38.2 Å². The number of nitrogens with two attached hydrogens (primary N) is 1. The Bertz CT molecular complexity index is 1030. The zero-order valence-corrected chi connectivity index (χ0v) is 26.5. The minimum absolute atomic E-state index is 0.0298. The van der Waals surface area contributed by atoms with Crippen LogP contribution in [0.3, 0.4) is 0 Å². The first-order chi connectivity index (χ1) is 20.5. The Morgan fingerprint density at radius 3 is 1.98 bits per heavy atom. The number of aromatic nitrogens is 4. The molecule has 2 rings (SSSR count). The zero-order chi connectivity index (χ0) is 30.4. The number of hydrogen-bond donors (Lipinski definition) is 2. The molecular weight excluding hydrogens is 534 g/mol. The van der Waals surface area contributed by atoms with Gasteiger partial charge in [-0.2, -0.15) is 4.98 Å². The van der Waals surface area contributed by atoms with E-state index >= 15 is 0 Å². The van der Waals surface area contributed by atoms with Gasteiger partial charge in [0.1, 0.15) is 0 Å². The normalized spacial score (nSPS) is 12.4. The Hall–Kier alpha value is -2.46. The first kappa shape index (κ1) is 35.7. The molecule has 0 radical (unpaired) electrons. The maximum Gasteiger partial charge on any atom is 0.305 e. The van der Waals surface area contributed by atoms with Gasteiger partial charge in [-0.15, -0.1) is 0 Å². The molecule has 2 aromatic heterocycles. The third kappa shape index (κ3) is 14.6. The molecule has 0 saturated heterocycles. The van der Waals surface area contributed by atoms with Crippen LogP contribution >= 0.6 is 0 Å². The molecule has 0 aliphatic heterocycles. The zero-order valence-electron chi connectivity index (χ0n) is 26.5. The number of carbonyl (C=O) groups is 1. The number of fused-ring (bicyclic) bond motifs is 1. The lowest BCUT2D eigenvalue weighted by atomic mass is 10.0. The number of imidazole rings is 1. The predicted octanol–water partition coefficient (Wildman–Crippen LogP) is 6.91. The van der Waals surface area contributed by atoms with E-state index in [-0.39, 0.29) is 35.5 Å². The van der Waals surface area contributed by atoms with Gasteiger partial charge in [0.25, 0.3) is 5.56 Å². The molecule has 0 saturated carbocycles. The van der Waals surface area contributed by atoms with E-state index in [0.717, 1.165) is 12.8 Å². The predicted molar refractivity (Wildman–Crippen MR) is 168 cm³/mol. The van der Waals surface area contributed by atoms with Gasteiger partial charge in [-0.1, -0.05) is 96.8 Å². The Morgan fingerprint density at radius 1 is 0.881 bits per heavy atom. The van der Waals surface area contributed by atoms with Gasteiger partial charge in [0.15, 0.2) is 17.5 Å². The summed E-state index contributed by atoms with van der Waals surface area (Å²) in [5.74, 6) is -0.284. The molecule has 1 atom stereocenters. The second-order valence-corrected chi connectivity index (χ2v) is 11.3. The molecule has 2 aromatic rings. The topological polar surface area (TPSA) is 134 Å². The molecule has 0 fully saturated rings. The summed E-state index contributed by atoms with van der Waals surface area (Å²) in [4.78, 5) is 35.6. The first-order valence-electron chi connectivity index (χ1n) is 16.6. The van der Waals surface area contributed by atoms with Crippen molar-refractivity contribution >= 4 is 23.1 Å². The van der Waals surface area contributed by atoms with E-state index in [1.54, 1.807) is 10.9 Å². The van der Waals surface area contributed by atoms with E-state index in [2.05, 4.69) is 21.9 Å². The van der Waals surface area contributed by atoms with Gasteiger partial charge in [-0.25, -0.2) is 4.98 Å². The minimum Gasteiger partial charge on any atom is -0.465 e. The molecule has 240 valence electrons. The average Bonchev–Trinajstić information content (AvgIpc) is 3.36. The van der Waals surface area contributed by atoms with E-state index in [4.69, 9.17) is 19.9 Å². The number of carbonyl (C=O) groups excluding carboxylic acids is 1. The summed E-state index contributed by atoms with van der Waals surface area (Å²) in [5.41, 5.74) is 5.99. The van der Waals surface area contributed by atoms with Crippen LogP contribution in [0.25, 0.3) is 11.2 Å². The van der Waals surface area contributed by atoms with Gasteiger partial charge in [0.2, 0.25) is 5.95 Å². The van der Waals surface area contributed by atoms with Crippen LogP contribution in [0.2, 0.25) is 0 Å². The summed E-state index contributed by atoms with van der Waals surface area (Å²) < 4.78 is 19.0. The summed E-state index contributed by atoms with van der Waals surface area (Å²) >= 11 is 0. The van der Waals surface area contributed by atoms with Gasteiger partial charge in [0.05, 0.1) is 12.9 Å². The fraction of sp³-hybridized carbons (Fsp3) is 0.812.